The lowest BCUT2D eigenvalue weighted by molar-refractivity contribution is -0.161. The largest absolute Gasteiger partial charge is 0.481 e. The topological polar surface area (TPSA) is 100 Å². The molecule has 3 atom stereocenters. The molecule has 11 heteroatoms. The van der Waals surface area contributed by atoms with Crippen molar-refractivity contribution in [2.24, 2.45) is 0 Å². The molecule has 10 nitrogen and oxygen atoms in total. The maximum absolute atomic E-state index is 14.3. The van der Waals surface area contributed by atoms with Gasteiger partial charge in [0.05, 0.1) is 0 Å². The monoisotopic (exact) mass is 656 g/mol. The maximum atomic E-state index is 14.3. The number of unbranched alkanes of at least 4 members (excludes halogenated alkanes) is 9. The van der Waals surface area contributed by atoms with Crippen molar-refractivity contribution in [1.29, 1.82) is 0 Å². The molecule has 0 amide bonds. The summed E-state index contributed by atoms with van der Waals surface area (Å²) in [6.07, 6.45) is 11.4. The zero-order chi connectivity index (χ0) is 32.6. The van der Waals surface area contributed by atoms with Gasteiger partial charge in [-0.2, -0.15) is 0 Å². The zero-order valence-corrected chi connectivity index (χ0v) is 30.1. The third-order valence-corrected chi connectivity index (χ3v) is 8.33. The summed E-state index contributed by atoms with van der Waals surface area (Å²) in [6.45, 7) is 17.5. The number of hydrogen-bond acceptors (Lipinski definition) is 10. The predicted octanol–water partition coefficient (Wildman–Crippen LogP) is 9.19. The van der Waals surface area contributed by atoms with Crippen LogP contribution in [0.4, 0.5) is 0 Å². The molecule has 3 unspecified atom stereocenters. The summed E-state index contributed by atoms with van der Waals surface area (Å²) in [7, 11) is -4.12. The molecule has 0 aliphatic heterocycles. The Bertz CT molecular complexity index is 547. The van der Waals surface area contributed by atoms with Crippen LogP contribution in [0.1, 0.15) is 138 Å². The van der Waals surface area contributed by atoms with E-state index >= 15 is 0 Å². The van der Waals surface area contributed by atoms with Gasteiger partial charge in [-0.1, -0.05) is 38.5 Å². The second-order valence-electron chi connectivity index (χ2n) is 10.6. The van der Waals surface area contributed by atoms with Crippen molar-refractivity contribution >= 4 is 7.82 Å². The van der Waals surface area contributed by atoms with Crippen molar-refractivity contribution in [2.75, 3.05) is 59.5 Å². The van der Waals surface area contributed by atoms with E-state index in [4.69, 9.17) is 42.0 Å². The SMILES string of the molecule is CCOCCCCCCC(OCC)OP(=O)(OC(CCCCCCOCC)OCC)OC(CCCCCCOCC)OCC. The van der Waals surface area contributed by atoms with Gasteiger partial charge >= 0.3 is 7.82 Å². The Balaban J connectivity index is 5.39. The van der Waals surface area contributed by atoms with Crippen molar-refractivity contribution in [3.8, 4) is 0 Å². The van der Waals surface area contributed by atoms with E-state index in [1.807, 2.05) is 41.5 Å². The third kappa shape index (κ3) is 27.0. The Morgan fingerprint density at radius 1 is 0.386 bits per heavy atom. The van der Waals surface area contributed by atoms with Gasteiger partial charge in [0.15, 0.2) is 18.9 Å². The lowest BCUT2D eigenvalue weighted by Gasteiger charge is -2.29. The summed E-state index contributed by atoms with van der Waals surface area (Å²) in [5.74, 6) is 0. The van der Waals surface area contributed by atoms with Crippen LogP contribution < -0.4 is 0 Å². The molecule has 0 fully saturated rings. The highest BCUT2D eigenvalue weighted by molar-refractivity contribution is 7.48. The van der Waals surface area contributed by atoms with Crippen LogP contribution in [0.5, 0.6) is 0 Å². The highest BCUT2D eigenvalue weighted by Crippen LogP contribution is 2.54. The lowest BCUT2D eigenvalue weighted by Crippen LogP contribution is -2.25. The third-order valence-electron chi connectivity index (χ3n) is 6.85. The van der Waals surface area contributed by atoms with Gasteiger partial charge in [-0.3, -0.25) is 13.6 Å². The first kappa shape index (κ1) is 43.9. The van der Waals surface area contributed by atoms with Crippen LogP contribution in [0.25, 0.3) is 0 Å². The molecule has 0 spiro atoms. The van der Waals surface area contributed by atoms with Crippen molar-refractivity contribution in [1.82, 2.24) is 0 Å². The second-order valence-corrected chi connectivity index (χ2v) is 12.1. The van der Waals surface area contributed by atoms with Gasteiger partial charge in [-0.15, -0.1) is 0 Å². The van der Waals surface area contributed by atoms with Crippen LogP contribution in [0, 0.1) is 0 Å². The fraction of sp³-hybridized carbons (Fsp3) is 1.00. The zero-order valence-electron chi connectivity index (χ0n) is 29.2. The van der Waals surface area contributed by atoms with Gasteiger partial charge in [0.1, 0.15) is 0 Å². The molecule has 266 valence electrons. The van der Waals surface area contributed by atoms with Crippen LogP contribution in [0.2, 0.25) is 0 Å². The molecule has 0 rings (SSSR count). The summed E-state index contributed by atoms with van der Waals surface area (Å²) in [4.78, 5) is 0. The fourth-order valence-electron chi connectivity index (χ4n) is 4.60. The molecule has 0 heterocycles. The quantitative estimate of drug-likeness (QED) is 0.0369. The maximum Gasteiger partial charge on any atom is 0.481 e. The van der Waals surface area contributed by atoms with Crippen molar-refractivity contribution in [2.45, 2.75) is 157 Å². The Morgan fingerprint density at radius 3 is 0.909 bits per heavy atom. The summed E-state index contributed by atoms with van der Waals surface area (Å²) in [6, 6.07) is 0. The van der Waals surface area contributed by atoms with Gasteiger partial charge in [0, 0.05) is 59.5 Å². The molecule has 0 bridgehead atoms. The Morgan fingerprint density at radius 2 is 0.659 bits per heavy atom. The molecule has 44 heavy (non-hydrogen) atoms. The molecule has 0 aliphatic rings. The van der Waals surface area contributed by atoms with Crippen molar-refractivity contribution < 1.29 is 46.6 Å². The Kier molecular flexibility index (Phi) is 32.7. The van der Waals surface area contributed by atoms with Crippen LogP contribution >= 0.6 is 7.82 Å². The fourth-order valence-corrected chi connectivity index (χ4v) is 6.11. The van der Waals surface area contributed by atoms with Crippen LogP contribution in [0.15, 0.2) is 0 Å². The van der Waals surface area contributed by atoms with Crippen LogP contribution in [0.3, 0.4) is 0 Å². The minimum absolute atomic E-state index is 0.419. The average molecular weight is 657 g/mol. The number of rotatable bonds is 36. The van der Waals surface area contributed by atoms with Crippen molar-refractivity contribution in [3.63, 3.8) is 0 Å². The normalized spacial score (nSPS) is 15.3. The smallest absolute Gasteiger partial charge is 0.382 e. The summed E-state index contributed by atoms with van der Waals surface area (Å²) < 4.78 is 66.5. The molecule has 0 aromatic rings. The van der Waals surface area contributed by atoms with E-state index in [1.54, 1.807) is 0 Å². The van der Waals surface area contributed by atoms with E-state index in [2.05, 4.69) is 0 Å². The highest BCUT2D eigenvalue weighted by atomic mass is 31.2. The number of hydrogen-bond donors (Lipinski definition) is 0. The Labute approximate surface area is 270 Å². The molecular formula is C33H69O10P. The number of phosphoric acid groups is 1. The lowest BCUT2D eigenvalue weighted by atomic mass is 10.1. The molecule has 0 aliphatic carbocycles. The average Bonchev–Trinajstić information content (AvgIpc) is 2.99. The molecule has 0 aromatic carbocycles. The summed E-state index contributed by atoms with van der Waals surface area (Å²) >= 11 is 0. The molecular weight excluding hydrogens is 587 g/mol. The predicted molar refractivity (Wildman–Crippen MR) is 176 cm³/mol. The van der Waals surface area contributed by atoms with E-state index in [9.17, 15) is 4.57 Å². The minimum atomic E-state index is -4.12. The van der Waals surface area contributed by atoms with Gasteiger partial charge in [0.25, 0.3) is 0 Å². The molecule has 0 N–H and O–H groups in total. The van der Waals surface area contributed by atoms with Crippen LogP contribution in [-0.4, -0.2) is 78.3 Å². The van der Waals surface area contributed by atoms with E-state index in [0.29, 0.717) is 39.1 Å². The first-order valence-electron chi connectivity index (χ1n) is 17.7. The van der Waals surface area contributed by atoms with E-state index in [-0.39, 0.29) is 0 Å². The van der Waals surface area contributed by atoms with Crippen molar-refractivity contribution in [3.05, 3.63) is 0 Å². The highest BCUT2D eigenvalue weighted by Gasteiger charge is 2.38. The molecule has 0 saturated carbocycles. The molecule has 0 radical (unpaired) electrons. The van der Waals surface area contributed by atoms with Crippen LogP contribution in [-0.2, 0) is 46.6 Å². The Hall–Kier alpha value is -0.130. The van der Waals surface area contributed by atoms with E-state index < -0.39 is 26.7 Å². The standard InChI is InChI=1S/C33H69O10P/c1-7-35-28-22-16-13-19-25-31(38-10-4)41-44(34,42-32(39-11-5)26-20-14-17-23-29-36-8-2)43-33(40-12-6)27-21-15-18-24-30-37-9-3/h31-33H,7-30H2,1-6H3. The molecule has 0 saturated heterocycles. The summed E-state index contributed by atoms with van der Waals surface area (Å²) in [5.41, 5.74) is 0. The first-order valence-corrected chi connectivity index (χ1v) is 19.2. The number of phosphoric ester groups is 1. The van der Waals surface area contributed by atoms with E-state index in [1.165, 1.54) is 0 Å². The van der Waals surface area contributed by atoms with Gasteiger partial charge in [-0.25, -0.2) is 4.57 Å². The minimum Gasteiger partial charge on any atom is -0.382 e. The second kappa shape index (κ2) is 32.8. The number of ether oxygens (including phenoxy) is 6. The van der Waals surface area contributed by atoms with Gasteiger partial charge < -0.3 is 28.4 Å². The van der Waals surface area contributed by atoms with Gasteiger partial charge in [-0.05, 0) is 99.3 Å². The first-order chi connectivity index (χ1) is 21.5. The summed E-state index contributed by atoms with van der Waals surface area (Å²) in [5, 5.41) is 0. The molecule has 0 aromatic heterocycles. The van der Waals surface area contributed by atoms with Gasteiger partial charge in [0.2, 0.25) is 0 Å². The van der Waals surface area contributed by atoms with E-state index in [0.717, 1.165) is 117 Å².